The lowest BCUT2D eigenvalue weighted by molar-refractivity contribution is 0.380. The summed E-state index contributed by atoms with van der Waals surface area (Å²) in [6.45, 7) is 6.47. The van der Waals surface area contributed by atoms with Gasteiger partial charge in [0.05, 0.1) is 11.1 Å². The van der Waals surface area contributed by atoms with E-state index in [-0.39, 0.29) is 11.3 Å². The Bertz CT molecular complexity index is 1050. The van der Waals surface area contributed by atoms with Crippen LogP contribution in [-0.4, -0.2) is 54.2 Å². The van der Waals surface area contributed by atoms with Crippen LogP contribution in [0.15, 0.2) is 4.79 Å². The topological polar surface area (TPSA) is 75.5 Å². The molecule has 2 aromatic rings. The second-order valence-electron chi connectivity index (χ2n) is 7.90. The molecule has 0 amide bonds. The number of anilines is 1. The number of nitrogens with zero attached hydrogens (tertiary/aromatic N) is 4. The molecule has 1 fully saturated rings. The van der Waals surface area contributed by atoms with Gasteiger partial charge in [-0.2, -0.15) is 4.31 Å². The van der Waals surface area contributed by atoms with Crippen molar-refractivity contribution in [3.63, 3.8) is 0 Å². The van der Waals surface area contributed by atoms with Crippen LogP contribution in [0, 0.1) is 0 Å². The summed E-state index contributed by atoms with van der Waals surface area (Å²) < 4.78 is 27.8. The van der Waals surface area contributed by atoms with Crippen molar-refractivity contribution in [2.24, 2.45) is 0 Å². The van der Waals surface area contributed by atoms with Crippen LogP contribution < -0.4 is 10.5 Å². The fourth-order valence-electron chi connectivity index (χ4n) is 4.34. The molecule has 29 heavy (non-hydrogen) atoms. The summed E-state index contributed by atoms with van der Waals surface area (Å²) >= 11 is 1.68. The van der Waals surface area contributed by atoms with E-state index in [1.54, 1.807) is 22.6 Å². The zero-order chi connectivity index (χ0) is 20.6. The molecule has 3 heterocycles. The number of aryl methyl sites for hydroxylation is 2. The van der Waals surface area contributed by atoms with Crippen LogP contribution in [0.25, 0.3) is 10.2 Å². The Labute approximate surface area is 176 Å². The molecular weight excluding hydrogens is 408 g/mol. The highest BCUT2D eigenvalue weighted by Crippen LogP contribution is 2.34. The third-order valence-corrected chi connectivity index (χ3v) is 9.14. The molecule has 0 bridgehead atoms. The number of rotatable bonds is 6. The number of thiophene rings is 1. The molecule has 0 atom stereocenters. The predicted molar refractivity (Wildman–Crippen MR) is 119 cm³/mol. The van der Waals surface area contributed by atoms with Gasteiger partial charge in [-0.05, 0) is 44.6 Å². The van der Waals surface area contributed by atoms with Gasteiger partial charge in [-0.15, -0.1) is 11.3 Å². The normalized spacial score (nSPS) is 18.3. The minimum Gasteiger partial charge on any atom is -0.339 e. The van der Waals surface area contributed by atoms with Gasteiger partial charge in [-0.25, -0.2) is 13.4 Å². The van der Waals surface area contributed by atoms with Crippen molar-refractivity contribution in [1.29, 1.82) is 0 Å². The Morgan fingerprint density at radius 3 is 2.48 bits per heavy atom. The van der Waals surface area contributed by atoms with Gasteiger partial charge in [0, 0.05) is 37.6 Å². The second-order valence-corrected chi connectivity index (χ2v) is 11.2. The Hall–Kier alpha value is -1.45. The molecule has 4 rings (SSSR count). The summed E-state index contributed by atoms with van der Waals surface area (Å²) in [6.07, 6.45) is 6.29. The van der Waals surface area contributed by atoms with E-state index in [0.29, 0.717) is 38.7 Å². The quantitative estimate of drug-likeness (QED) is 0.693. The average Bonchev–Trinajstić information content (AvgIpc) is 3.11. The lowest BCUT2D eigenvalue weighted by Gasteiger charge is -2.35. The number of hydrogen-bond acceptors (Lipinski definition) is 6. The maximum Gasteiger partial charge on any atom is 0.263 e. The highest BCUT2D eigenvalue weighted by Gasteiger charge is 2.29. The molecule has 160 valence electrons. The molecule has 0 unspecified atom stereocenters. The summed E-state index contributed by atoms with van der Waals surface area (Å²) in [7, 11) is -3.18. The molecule has 0 radical (unpaired) electrons. The summed E-state index contributed by atoms with van der Waals surface area (Å²) in [5, 5.41) is 0.830. The molecule has 9 heteroatoms. The van der Waals surface area contributed by atoms with Gasteiger partial charge in [-0.3, -0.25) is 9.36 Å². The standard InChI is InChI=1S/C20H30N4O3S2/c1-3-5-10-24-19(25)17-15-8-6-7-9-16(15)28-18(17)21-20(24)22-11-13-23(14-12-22)29(26,27)4-2/h3-14H2,1-2H3. The molecule has 0 saturated carbocycles. The fourth-order valence-corrected chi connectivity index (χ4v) is 6.67. The lowest BCUT2D eigenvalue weighted by atomic mass is 9.97. The first-order chi connectivity index (χ1) is 14.0. The number of hydrogen-bond donors (Lipinski definition) is 0. The number of aromatic nitrogens is 2. The largest absolute Gasteiger partial charge is 0.339 e. The first-order valence-electron chi connectivity index (χ1n) is 10.7. The van der Waals surface area contributed by atoms with Gasteiger partial charge < -0.3 is 4.90 Å². The summed E-state index contributed by atoms with van der Waals surface area (Å²) in [5.74, 6) is 0.835. The summed E-state index contributed by atoms with van der Waals surface area (Å²) in [4.78, 5) is 22.7. The molecule has 2 aliphatic rings. The molecule has 1 aliphatic carbocycles. The van der Waals surface area contributed by atoms with Crippen molar-refractivity contribution in [2.75, 3.05) is 36.8 Å². The first kappa shape index (κ1) is 20.8. The van der Waals surface area contributed by atoms with E-state index in [9.17, 15) is 13.2 Å². The van der Waals surface area contributed by atoms with Crippen LogP contribution in [0.5, 0.6) is 0 Å². The number of unbranched alkanes of at least 4 members (excludes halogenated alkanes) is 1. The average molecular weight is 439 g/mol. The van der Waals surface area contributed by atoms with E-state index in [4.69, 9.17) is 4.98 Å². The molecule has 1 aliphatic heterocycles. The lowest BCUT2D eigenvalue weighted by Crippen LogP contribution is -2.50. The van der Waals surface area contributed by atoms with Crippen molar-refractivity contribution in [1.82, 2.24) is 13.9 Å². The Morgan fingerprint density at radius 2 is 1.79 bits per heavy atom. The Morgan fingerprint density at radius 1 is 1.07 bits per heavy atom. The molecule has 0 N–H and O–H groups in total. The van der Waals surface area contributed by atoms with Crippen molar-refractivity contribution in [3.8, 4) is 0 Å². The highest BCUT2D eigenvalue weighted by atomic mass is 32.2. The third-order valence-electron chi connectivity index (χ3n) is 6.07. The highest BCUT2D eigenvalue weighted by molar-refractivity contribution is 7.89. The number of sulfonamides is 1. The van der Waals surface area contributed by atoms with Crippen molar-refractivity contribution in [2.45, 2.75) is 58.9 Å². The number of fused-ring (bicyclic) bond motifs is 3. The Balaban J connectivity index is 1.73. The van der Waals surface area contributed by atoms with Gasteiger partial charge in [0.2, 0.25) is 16.0 Å². The van der Waals surface area contributed by atoms with Crippen LogP contribution >= 0.6 is 11.3 Å². The van der Waals surface area contributed by atoms with E-state index in [1.165, 1.54) is 16.9 Å². The molecule has 0 aromatic carbocycles. The minimum atomic E-state index is -3.18. The smallest absolute Gasteiger partial charge is 0.263 e. The third kappa shape index (κ3) is 3.84. The molecule has 0 spiro atoms. The van der Waals surface area contributed by atoms with Gasteiger partial charge in [-0.1, -0.05) is 13.3 Å². The van der Waals surface area contributed by atoms with Crippen molar-refractivity contribution in [3.05, 3.63) is 20.8 Å². The van der Waals surface area contributed by atoms with Crippen molar-refractivity contribution >= 4 is 37.5 Å². The summed E-state index contributed by atoms with van der Waals surface area (Å²) in [6, 6.07) is 0. The molecule has 2 aromatic heterocycles. The number of piperazine rings is 1. The van der Waals surface area contributed by atoms with Crippen LogP contribution in [0.2, 0.25) is 0 Å². The Kier molecular flexibility index (Phi) is 5.99. The van der Waals surface area contributed by atoms with Crippen molar-refractivity contribution < 1.29 is 8.42 Å². The van der Waals surface area contributed by atoms with Crippen LogP contribution in [0.3, 0.4) is 0 Å². The second kappa shape index (κ2) is 8.35. The van der Waals surface area contributed by atoms with Crippen LogP contribution in [0.4, 0.5) is 5.95 Å². The fraction of sp³-hybridized carbons (Fsp3) is 0.700. The van der Waals surface area contributed by atoms with E-state index in [1.807, 2.05) is 4.57 Å². The van der Waals surface area contributed by atoms with E-state index >= 15 is 0 Å². The van der Waals surface area contributed by atoms with Gasteiger partial charge in [0.1, 0.15) is 4.83 Å². The maximum absolute atomic E-state index is 13.5. The van der Waals surface area contributed by atoms with E-state index in [0.717, 1.165) is 42.3 Å². The predicted octanol–water partition coefficient (Wildman–Crippen LogP) is 2.61. The van der Waals surface area contributed by atoms with Gasteiger partial charge >= 0.3 is 0 Å². The van der Waals surface area contributed by atoms with Crippen LogP contribution in [0.1, 0.15) is 50.0 Å². The zero-order valence-electron chi connectivity index (χ0n) is 17.3. The van der Waals surface area contributed by atoms with Gasteiger partial charge in [0.25, 0.3) is 5.56 Å². The monoisotopic (exact) mass is 438 g/mol. The zero-order valence-corrected chi connectivity index (χ0v) is 18.9. The first-order valence-corrected chi connectivity index (χ1v) is 13.2. The SMILES string of the molecule is CCCCn1c(N2CCN(S(=O)(=O)CC)CC2)nc2sc3c(c2c1=O)CCCC3. The summed E-state index contributed by atoms with van der Waals surface area (Å²) in [5.41, 5.74) is 1.31. The van der Waals surface area contributed by atoms with E-state index in [2.05, 4.69) is 11.8 Å². The van der Waals surface area contributed by atoms with E-state index < -0.39 is 10.0 Å². The van der Waals surface area contributed by atoms with Gasteiger partial charge in [0.15, 0.2) is 0 Å². The molecule has 1 saturated heterocycles. The van der Waals surface area contributed by atoms with Crippen LogP contribution in [-0.2, 0) is 29.4 Å². The molecular formula is C20H30N4O3S2. The minimum absolute atomic E-state index is 0.0847. The molecule has 7 nitrogen and oxygen atoms in total. The maximum atomic E-state index is 13.5.